The predicted molar refractivity (Wildman–Crippen MR) is 70.3 cm³/mol. The molecule has 1 aromatic heterocycles. The molecule has 1 N–H and O–H groups in total. The molecule has 110 valence electrons. The molecule has 2 saturated heterocycles. The topological polar surface area (TPSA) is 75.8 Å². The first-order chi connectivity index (χ1) is 9.61. The Labute approximate surface area is 117 Å². The highest BCUT2D eigenvalue weighted by molar-refractivity contribution is 5.92. The highest BCUT2D eigenvalue weighted by atomic mass is 16.5. The van der Waals surface area contributed by atoms with Crippen LogP contribution in [0.25, 0.3) is 0 Å². The smallest absolute Gasteiger partial charge is 0.276 e. The van der Waals surface area contributed by atoms with Gasteiger partial charge in [0.1, 0.15) is 5.76 Å². The van der Waals surface area contributed by atoms with Crippen LogP contribution >= 0.6 is 0 Å². The van der Waals surface area contributed by atoms with E-state index in [2.05, 4.69) is 5.16 Å². The van der Waals surface area contributed by atoms with E-state index in [9.17, 15) is 9.90 Å². The van der Waals surface area contributed by atoms with Crippen molar-refractivity contribution in [3.05, 3.63) is 17.5 Å². The summed E-state index contributed by atoms with van der Waals surface area (Å²) in [6, 6.07) is 1.65. The second kappa shape index (κ2) is 5.18. The molecule has 1 unspecified atom stereocenters. The summed E-state index contributed by atoms with van der Waals surface area (Å²) >= 11 is 0. The molecular formula is C14H20N2O4. The quantitative estimate of drug-likeness (QED) is 0.834. The third-order valence-corrected chi connectivity index (χ3v) is 4.36. The molecule has 1 atom stereocenters. The molecule has 0 bridgehead atoms. The van der Waals surface area contributed by atoms with Gasteiger partial charge in [0.05, 0.1) is 11.7 Å². The molecule has 2 aliphatic heterocycles. The first-order valence-electron chi connectivity index (χ1n) is 7.15. The minimum atomic E-state index is -0.450. The number of likely N-dealkylation sites (tertiary alicyclic amines) is 1. The Bertz CT molecular complexity index is 491. The van der Waals surface area contributed by atoms with Crippen molar-refractivity contribution in [3.63, 3.8) is 0 Å². The lowest BCUT2D eigenvalue weighted by atomic mass is 9.82. The van der Waals surface area contributed by atoms with Crippen molar-refractivity contribution in [1.29, 1.82) is 0 Å². The van der Waals surface area contributed by atoms with Gasteiger partial charge >= 0.3 is 0 Å². The molecule has 0 aromatic carbocycles. The average molecular weight is 280 g/mol. The van der Waals surface area contributed by atoms with E-state index >= 15 is 0 Å². The Morgan fingerprint density at radius 1 is 1.50 bits per heavy atom. The molecule has 20 heavy (non-hydrogen) atoms. The van der Waals surface area contributed by atoms with Crippen LogP contribution in [0, 0.1) is 6.92 Å². The molecule has 1 amide bonds. The SMILES string of the molecule is Cc1cc(C(=O)N2CCC3(CC2)OCCCC3O)no1. The van der Waals surface area contributed by atoms with E-state index in [-0.39, 0.29) is 5.91 Å². The Morgan fingerprint density at radius 3 is 2.85 bits per heavy atom. The Balaban J connectivity index is 1.65. The maximum absolute atomic E-state index is 12.3. The molecule has 1 spiro atoms. The Kier molecular flexibility index (Phi) is 3.52. The molecule has 0 radical (unpaired) electrons. The number of hydrogen-bond donors (Lipinski definition) is 1. The molecule has 2 aliphatic rings. The first-order valence-corrected chi connectivity index (χ1v) is 7.15. The van der Waals surface area contributed by atoms with E-state index in [1.54, 1.807) is 17.9 Å². The molecule has 3 rings (SSSR count). The lowest BCUT2D eigenvalue weighted by molar-refractivity contribution is -0.174. The van der Waals surface area contributed by atoms with Crippen LogP contribution in [-0.2, 0) is 4.74 Å². The lowest BCUT2D eigenvalue weighted by Gasteiger charge is -2.46. The summed E-state index contributed by atoms with van der Waals surface area (Å²) in [4.78, 5) is 14.0. The van der Waals surface area contributed by atoms with Gasteiger partial charge in [-0.1, -0.05) is 5.16 Å². The summed E-state index contributed by atoms with van der Waals surface area (Å²) in [5.41, 5.74) is -0.0991. The second-order valence-corrected chi connectivity index (χ2v) is 5.69. The van der Waals surface area contributed by atoms with Crippen LogP contribution < -0.4 is 0 Å². The van der Waals surface area contributed by atoms with E-state index < -0.39 is 11.7 Å². The highest BCUT2D eigenvalue weighted by Gasteiger charge is 2.44. The van der Waals surface area contributed by atoms with Gasteiger partial charge in [-0.2, -0.15) is 0 Å². The minimum absolute atomic E-state index is 0.109. The van der Waals surface area contributed by atoms with Gasteiger partial charge in [-0.15, -0.1) is 0 Å². The van der Waals surface area contributed by atoms with Crippen molar-refractivity contribution < 1.29 is 19.2 Å². The summed E-state index contributed by atoms with van der Waals surface area (Å²) in [6.07, 6.45) is 2.64. The number of aliphatic hydroxyl groups is 1. The van der Waals surface area contributed by atoms with Crippen molar-refractivity contribution in [3.8, 4) is 0 Å². The summed E-state index contributed by atoms with van der Waals surface area (Å²) in [6.45, 7) is 3.64. The van der Waals surface area contributed by atoms with Crippen molar-refractivity contribution in [1.82, 2.24) is 10.1 Å². The lowest BCUT2D eigenvalue weighted by Crippen LogP contribution is -2.56. The van der Waals surface area contributed by atoms with Gasteiger partial charge in [0.15, 0.2) is 5.69 Å². The monoisotopic (exact) mass is 280 g/mol. The number of carbonyl (C=O) groups excluding carboxylic acids is 1. The number of hydrogen-bond acceptors (Lipinski definition) is 5. The highest BCUT2D eigenvalue weighted by Crippen LogP contribution is 2.35. The number of aromatic nitrogens is 1. The van der Waals surface area contributed by atoms with Crippen LogP contribution in [-0.4, -0.2) is 52.5 Å². The largest absolute Gasteiger partial charge is 0.390 e. The van der Waals surface area contributed by atoms with Gasteiger partial charge in [0.2, 0.25) is 0 Å². The van der Waals surface area contributed by atoms with Gasteiger partial charge in [-0.25, -0.2) is 0 Å². The zero-order chi connectivity index (χ0) is 14.2. The van der Waals surface area contributed by atoms with Crippen molar-refractivity contribution in [2.24, 2.45) is 0 Å². The fourth-order valence-electron chi connectivity index (χ4n) is 3.11. The molecule has 1 aromatic rings. The standard InChI is InChI=1S/C14H20N2O4/c1-10-9-11(15-20-10)13(18)16-6-4-14(5-7-16)12(17)3-2-8-19-14/h9,12,17H,2-8H2,1H3. The van der Waals surface area contributed by atoms with Gasteiger partial charge in [0.25, 0.3) is 5.91 Å². The maximum Gasteiger partial charge on any atom is 0.276 e. The Hall–Kier alpha value is -1.40. The van der Waals surface area contributed by atoms with Crippen LogP contribution in [0.15, 0.2) is 10.6 Å². The van der Waals surface area contributed by atoms with Crippen LogP contribution in [0.5, 0.6) is 0 Å². The molecule has 6 nitrogen and oxygen atoms in total. The normalized spacial score (nSPS) is 25.9. The number of amides is 1. The second-order valence-electron chi connectivity index (χ2n) is 5.69. The fourth-order valence-corrected chi connectivity index (χ4v) is 3.11. The number of nitrogens with zero attached hydrogens (tertiary/aromatic N) is 2. The number of piperidine rings is 1. The summed E-state index contributed by atoms with van der Waals surface area (Å²) in [5.74, 6) is 0.523. The maximum atomic E-state index is 12.3. The zero-order valence-corrected chi connectivity index (χ0v) is 11.7. The number of ether oxygens (including phenoxy) is 1. The summed E-state index contributed by atoms with van der Waals surface area (Å²) in [5, 5.41) is 13.9. The van der Waals surface area contributed by atoms with Crippen LogP contribution in [0.1, 0.15) is 41.9 Å². The van der Waals surface area contributed by atoms with Crippen LogP contribution in [0.2, 0.25) is 0 Å². The molecule has 6 heteroatoms. The number of carbonyl (C=O) groups is 1. The third kappa shape index (κ3) is 2.33. The number of aryl methyl sites for hydroxylation is 1. The van der Waals surface area contributed by atoms with E-state index in [1.807, 2.05) is 0 Å². The van der Waals surface area contributed by atoms with E-state index in [1.165, 1.54) is 0 Å². The molecule has 0 aliphatic carbocycles. The van der Waals surface area contributed by atoms with E-state index in [4.69, 9.17) is 9.26 Å². The number of rotatable bonds is 1. The molecule has 3 heterocycles. The summed E-state index contributed by atoms with van der Waals surface area (Å²) in [7, 11) is 0. The van der Waals surface area contributed by atoms with Crippen molar-refractivity contribution in [2.75, 3.05) is 19.7 Å². The van der Waals surface area contributed by atoms with E-state index in [0.717, 1.165) is 12.8 Å². The fraction of sp³-hybridized carbons (Fsp3) is 0.714. The summed E-state index contributed by atoms with van der Waals surface area (Å²) < 4.78 is 10.8. The minimum Gasteiger partial charge on any atom is -0.390 e. The predicted octanol–water partition coefficient (Wildman–Crippen LogP) is 1.13. The van der Waals surface area contributed by atoms with Gasteiger partial charge in [-0.05, 0) is 32.6 Å². The van der Waals surface area contributed by atoms with Gasteiger partial charge in [0, 0.05) is 25.8 Å². The zero-order valence-electron chi connectivity index (χ0n) is 11.7. The third-order valence-electron chi connectivity index (χ3n) is 4.36. The van der Waals surface area contributed by atoms with Gasteiger partial charge < -0.3 is 19.3 Å². The molecule has 0 saturated carbocycles. The first kappa shape index (κ1) is 13.6. The van der Waals surface area contributed by atoms with Crippen LogP contribution in [0.4, 0.5) is 0 Å². The van der Waals surface area contributed by atoms with Crippen LogP contribution in [0.3, 0.4) is 0 Å². The van der Waals surface area contributed by atoms with E-state index in [0.29, 0.717) is 44.0 Å². The average Bonchev–Trinajstić information content (AvgIpc) is 2.89. The van der Waals surface area contributed by atoms with Gasteiger partial charge in [-0.3, -0.25) is 4.79 Å². The Morgan fingerprint density at radius 2 is 2.25 bits per heavy atom. The molecule has 2 fully saturated rings. The molecular weight excluding hydrogens is 260 g/mol. The number of aliphatic hydroxyl groups excluding tert-OH is 1. The van der Waals surface area contributed by atoms with Crippen molar-refractivity contribution >= 4 is 5.91 Å². The van der Waals surface area contributed by atoms with Crippen molar-refractivity contribution in [2.45, 2.75) is 44.3 Å².